The highest BCUT2D eigenvalue weighted by Crippen LogP contribution is 2.58. The minimum Gasteiger partial charge on any atom is -0.472 e. The number of aliphatic hydroxyl groups excluding tert-OH is 2. The van der Waals surface area contributed by atoms with Gasteiger partial charge in [0.15, 0.2) is 5.78 Å². The zero-order chi connectivity index (χ0) is 19.8. The molecule has 0 saturated heterocycles. The fraction of sp³-hybridized carbons (Fsp3) is 0.619. The zero-order valence-corrected chi connectivity index (χ0v) is 15.9. The number of furan rings is 1. The number of carbonyl (C=O) groups is 2. The van der Waals surface area contributed by atoms with Crippen molar-refractivity contribution in [3.63, 3.8) is 0 Å². The zero-order valence-electron chi connectivity index (χ0n) is 15.9. The second kappa shape index (κ2) is 7.60. The molecule has 0 aromatic carbocycles. The molecular formula is C21H28O6. The van der Waals surface area contributed by atoms with E-state index in [1.807, 2.05) is 0 Å². The van der Waals surface area contributed by atoms with Crippen LogP contribution in [0, 0.1) is 23.2 Å². The van der Waals surface area contributed by atoms with Crippen molar-refractivity contribution < 1.29 is 29.0 Å². The molecule has 0 spiro atoms. The molecule has 148 valence electrons. The summed E-state index contributed by atoms with van der Waals surface area (Å²) in [6.45, 7) is 7.41. The standard InChI is InChI=1S/C21H28O6/c1-12-4-5-16-15(10-22)20(25)19(27-13(2)23)9-21(16,3)17(12)8-18(24)14-6-7-26-11-14/h6-7,11,15-17,19-20,22,25H,1,4-5,8-10H2,2-3H3. The lowest BCUT2D eigenvalue weighted by molar-refractivity contribution is -0.184. The summed E-state index contributed by atoms with van der Waals surface area (Å²) in [6, 6.07) is 1.65. The summed E-state index contributed by atoms with van der Waals surface area (Å²) in [4.78, 5) is 24.2. The van der Waals surface area contributed by atoms with Crippen LogP contribution in [0.15, 0.2) is 35.2 Å². The third-order valence-electron chi connectivity index (χ3n) is 6.65. The molecule has 2 N–H and O–H groups in total. The molecule has 3 rings (SSSR count). The van der Waals surface area contributed by atoms with Crippen LogP contribution < -0.4 is 0 Å². The average Bonchev–Trinajstić information content (AvgIpc) is 3.14. The van der Waals surface area contributed by atoms with Crippen LogP contribution in [-0.4, -0.2) is 40.8 Å². The van der Waals surface area contributed by atoms with Gasteiger partial charge < -0.3 is 19.4 Å². The average molecular weight is 376 g/mol. The lowest BCUT2D eigenvalue weighted by atomic mass is 9.49. The van der Waals surface area contributed by atoms with Crippen LogP contribution in [0.4, 0.5) is 0 Å². The summed E-state index contributed by atoms with van der Waals surface area (Å²) >= 11 is 0. The number of carbonyl (C=O) groups excluding carboxylic acids is 2. The number of allylic oxidation sites excluding steroid dienone is 1. The van der Waals surface area contributed by atoms with Gasteiger partial charge in [-0.05, 0) is 42.6 Å². The van der Waals surface area contributed by atoms with Crippen molar-refractivity contribution in [1.29, 1.82) is 0 Å². The number of hydrogen-bond acceptors (Lipinski definition) is 6. The van der Waals surface area contributed by atoms with Crippen molar-refractivity contribution in [2.45, 2.75) is 51.7 Å². The Morgan fingerprint density at radius 2 is 2.19 bits per heavy atom. The van der Waals surface area contributed by atoms with Gasteiger partial charge in [-0.2, -0.15) is 0 Å². The van der Waals surface area contributed by atoms with Crippen molar-refractivity contribution in [3.05, 3.63) is 36.3 Å². The highest BCUT2D eigenvalue weighted by Gasteiger charge is 2.56. The van der Waals surface area contributed by atoms with E-state index in [1.165, 1.54) is 19.5 Å². The Morgan fingerprint density at radius 3 is 2.78 bits per heavy atom. The van der Waals surface area contributed by atoms with E-state index >= 15 is 0 Å². The van der Waals surface area contributed by atoms with Gasteiger partial charge in [0.25, 0.3) is 0 Å². The minimum atomic E-state index is -0.909. The molecule has 1 aromatic heterocycles. The van der Waals surface area contributed by atoms with E-state index < -0.39 is 29.5 Å². The first-order valence-corrected chi connectivity index (χ1v) is 9.47. The molecule has 0 bridgehead atoms. The summed E-state index contributed by atoms with van der Waals surface area (Å²) in [5, 5.41) is 20.6. The third-order valence-corrected chi connectivity index (χ3v) is 6.65. The summed E-state index contributed by atoms with van der Waals surface area (Å²) < 4.78 is 10.4. The van der Waals surface area contributed by atoms with Crippen molar-refractivity contribution in [2.24, 2.45) is 23.2 Å². The number of hydrogen-bond donors (Lipinski definition) is 2. The largest absolute Gasteiger partial charge is 0.472 e. The highest BCUT2D eigenvalue weighted by atomic mass is 16.6. The Hall–Kier alpha value is -1.92. The van der Waals surface area contributed by atoms with E-state index in [1.54, 1.807) is 6.07 Å². The van der Waals surface area contributed by atoms with Gasteiger partial charge in [-0.25, -0.2) is 0 Å². The van der Waals surface area contributed by atoms with Gasteiger partial charge in [0.2, 0.25) is 0 Å². The van der Waals surface area contributed by atoms with Crippen LogP contribution in [0.1, 0.15) is 49.9 Å². The maximum absolute atomic E-state index is 12.7. The van der Waals surface area contributed by atoms with E-state index in [0.717, 1.165) is 18.4 Å². The molecule has 0 amide bonds. The van der Waals surface area contributed by atoms with Gasteiger partial charge in [-0.1, -0.05) is 19.1 Å². The molecule has 0 aliphatic heterocycles. The second-order valence-electron chi connectivity index (χ2n) is 8.19. The van der Waals surface area contributed by atoms with E-state index in [2.05, 4.69) is 13.5 Å². The van der Waals surface area contributed by atoms with Crippen LogP contribution in [0.2, 0.25) is 0 Å². The number of fused-ring (bicyclic) bond motifs is 1. The summed E-state index contributed by atoms with van der Waals surface area (Å²) in [5.74, 6) is -0.964. The monoisotopic (exact) mass is 376 g/mol. The van der Waals surface area contributed by atoms with Crippen LogP contribution in [0.5, 0.6) is 0 Å². The molecule has 2 fully saturated rings. The van der Waals surface area contributed by atoms with Crippen molar-refractivity contribution >= 4 is 11.8 Å². The van der Waals surface area contributed by atoms with Gasteiger partial charge in [-0.15, -0.1) is 0 Å². The maximum Gasteiger partial charge on any atom is 0.302 e. The Balaban J connectivity index is 1.92. The molecule has 1 aromatic rings. The Morgan fingerprint density at radius 1 is 1.44 bits per heavy atom. The van der Waals surface area contributed by atoms with Gasteiger partial charge in [0, 0.05) is 25.9 Å². The van der Waals surface area contributed by atoms with Crippen LogP contribution in [-0.2, 0) is 9.53 Å². The smallest absolute Gasteiger partial charge is 0.302 e. The topological polar surface area (TPSA) is 97.0 Å². The number of ketones is 1. The fourth-order valence-electron chi connectivity index (χ4n) is 5.30. The fourth-order valence-corrected chi connectivity index (χ4v) is 5.30. The Bertz CT molecular complexity index is 708. The van der Waals surface area contributed by atoms with Crippen molar-refractivity contribution in [2.75, 3.05) is 6.61 Å². The molecule has 6 atom stereocenters. The Kier molecular flexibility index (Phi) is 5.58. The van der Waals surface area contributed by atoms with E-state index in [-0.39, 0.29) is 30.6 Å². The van der Waals surface area contributed by atoms with E-state index in [9.17, 15) is 19.8 Å². The SMILES string of the molecule is C=C1CCC2C(CO)C(O)C(OC(C)=O)CC2(C)C1CC(=O)c1ccoc1. The summed E-state index contributed by atoms with van der Waals surface area (Å²) in [6.07, 6.45) is 3.58. The van der Waals surface area contributed by atoms with Crippen LogP contribution in [0.25, 0.3) is 0 Å². The quantitative estimate of drug-likeness (QED) is 0.466. The molecule has 27 heavy (non-hydrogen) atoms. The van der Waals surface area contributed by atoms with Crippen LogP contribution in [0.3, 0.4) is 0 Å². The molecule has 2 aliphatic carbocycles. The molecule has 2 saturated carbocycles. The normalized spacial score (nSPS) is 36.1. The molecule has 6 nitrogen and oxygen atoms in total. The van der Waals surface area contributed by atoms with Gasteiger partial charge in [-0.3, -0.25) is 9.59 Å². The van der Waals surface area contributed by atoms with Gasteiger partial charge >= 0.3 is 5.97 Å². The van der Waals surface area contributed by atoms with E-state index in [0.29, 0.717) is 12.0 Å². The number of ether oxygens (including phenoxy) is 1. The number of esters is 1. The van der Waals surface area contributed by atoms with Gasteiger partial charge in [0.1, 0.15) is 12.4 Å². The lowest BCUT2D eigenvalue weighted by Gasteiger charge is -2.57. The first-order chi connectivity index (χ1) is 12.8. The molecular weight excluding hydrogens is 348 g/mol. The predicted molar refractivity (Wildman–Crippen MR) is 97.9 cm³/mol. The molecule has 0 radical (unpaired) electrons. The highest BCUT2D eigenvalue weighted by molar-refractivity contribution is 5.96. The molecule has 6 unspecified atom stereocenters. The molecule has 2 aliphatic rings. The third kappa shape index (κ3) is 3.60. The van der Waals surface area contributed by atoms with E-state index in [4.69, 9.17) is 9.15 Å². The Labute approximate surface area is 159 Å². The number of Topliss-reactive ketones (excluding diaryl/α,β-unsaturated/α-hetero) is 1. The number of rotatable bonds is 5. The number of aliphatic hydroxyl groups is 2. The molecule has 1 heterocycles. The van der Waals surface area contributed by atoms with Gasteiger partial charge in [0.05, 0.1) is 17.9 Å². The predicted octanol–water partition coefficient (Wildman–Crippen LogP) is 2.75. The van der Waals surface area contributed by atoms with Crippen molar-refractivity contribution in [1.82, 2.24) is 0 Å². The minimum absolute atomic E-state index is 0.0209. The molecule has 6 heteroatoms. The lowest BCUT2D eigenvalue weighted by Crippen LogP contribution is -2.58. The first kappa shape index (κ1) is 19.8. The first-order valence-electron chi connectivity index (χ1n) is 9.47. The second-order valence-corrected chi connectivity index (χ2v) is 8.19. The summed E-state index contributed by atoms with van der Waals surface area (Å²) in [7, 11) is 0. The summed E-state index contributed by atoms with van der Waals surface area (Å²) in [5.41, 5.74) is 1.13. The maximum atomic E-state index is 12.7. The van der Waals surface area contributed by atoms with Crippen molar-refractivity contribution in [3.8, 4) is 0 Å². The van der Waals surface area contributed by atoms with Crippen LogP contribution >= 0.6 is 0 Å².